The number of carbonyl (C=O) groups excluding carboxylic acids is 1. The van der Waals surface area contributed by atoms with Crippen LogP contribution in [0.15, 0.2) is 12.3 Å². The summed E-state index contributed by atoms with van der Waals surface area (Å²) in [4.78, 5) is 24.6. The number of piperazine rings is 1. The van der Waals surface area contributed by atoms with Crippen molar-refractivity contribution in [2.45, 2.75) is 18.9 Å². The van der Waals surface area contributed by atoms with Crippen molar-refractivity contribution < 1.29 is 9.72 Å². The van der Waals surface area contributed by atoms with E-state index in [0.29, 0.717) is 18.8 Å². The lowest BCUT2D eigenvalue weighted by Crippen LogP contribution is -2.46. The molecule has 1 aromatic rings. The zero-order valence-corrected chi connectivity index (χ0v) is 10.5. The summed E-state index contributed by atoms with van der Waals surface area (Å²) < 4.78 is 1.78. The van der Waals surface area contributed by atoms with Gasteiger partial charge in [0.25, 0.3) is 11.6 Å². The van der Waals surface area contributed by atoms with Gasteiger partial charge in [0, 0.05) is 38.3 Å². The Balaban J connectivity index is 1.89. The lowest BCUT2D eigenvalue weighted by atomic mass is 10.3. The average molecular weight is 264 g/mol. The maximum absolute atomic E-state index is 12.4. The molecule has 3 rings (SSSR count). The number of aromatic nitrogens is 1. The minimum absolute atomic E-state index is 0.00499. The summed E-state index contributed by atoms with van der Waals surface area (Å²) in [6, 6.07) is 1.67. The molecule has 0 radical (unpaired) electrons. The molecule has 102 valence electrons. The van der Waals surface area contributed by atoms with Gasteiger partial charge in [-0.25, -0.2) is 0 Å². The minimum Gasteiger partial charge on any atom is -0.335 e. The third-order valence-corrected chi connectivity index (χ3v) is 3.61. The molecule has 7 heteroatoms. The van der Waals surface area contributed by atoms with Crippen molar-refractivity contribution in [2.75, 3.05) is 26.2 Å². The minimum atomic E-state index is -0.437. The maximum atomic E-state index is 12.4. The van der Waals surface area contributed by atoms with Crippen LogP contribution in [0.1, 0.15) is 29.4 Å². The standard InChI is InChI=1S/C12H16N4O3/c17-12(14-5-3-13-4-6-14)11-7-10(16(18)19)8-15(11)9-1-2-9/h7-9,13H,1-6H2. The van der Waals surface area contributed by atoms with Gasteiger partial charge < -0.3 is 14.8 Å². The molecule has 1 aromatic heterocycles. The molecule has 2 fully saturated rings. The van der Waals surface area contributed by atoms with Crippen LogP contribution < -0.4 is 5.32 Å². The Morgan fingerprint density at radius 3 is 2.63 bits per heavy atom. The predicted octanol–water partition coefficient (Wildman–Crippen LogP) is 0.777. The molecular weight excluding hydrogens is 248 g/mol. The molecule has 2 aliphatic rings. The van der Waals surface area contributed by atoms with Crippen LogP contribution in [-0.2, 0) is 0 Å². The summed E-state index contributed by atoms with van der Waals surface area (Å²) >= 11 is 0. The number of hydrogen-bond donors (Lipinski definition) is 1. The molecule has 19 heavy (non-hydrogen) atoms. The fraction of sp³-hybridized carbons (Fsp3) is 0.583. The van der Waals surface area contributed by atoms with E-state index in [9.17, 15) is 14.9 Å². The van der Waals surface area contributed by atoms with Crippen LogP contribution >= 0.6 is 0 Å². The number of nitro groups is 1. The third-order valence-electron chi connectivity index (χ3n) is 3.61. The van der Waals surface area contributed by atoms with Gasteiger partial charge in [-0.1, -0.05) is 0 Å². The van der Waals surface area contributed by atoms with E-state index in [1.54, 1.807) is 9.47 Å². The molecular formula is C12H16N4O3. The zero-order valence-electron chi connectivity index (χ0n) is 10.5. The van der Waals surface area contributed by atoms with Crippen molar-refractivity contribution in [1.29, 1.82) is 0 Å². The summed E-state index contributed by atoms with van der Waals surface area (Å²) in [5.41, 5.74) is 0.460. The van der Waals surface area contributed by atoms with Crippen LogP contribution in [0.2, 0.25) is 0 Å². The van der Waals surface area contributed by atoms with E-state index in [2.05, 4.69) is 5.32 Å². The Labute approximate surface area is 110 Å². The number of amides is 1. The molecule has 1 amide bonds. The zero-order chi connectivity index (χ0) is 13.4. The van der Waals surface area contributed by atoms with Gasteiger partial charge >= 0.3 is 0 Å². The number of nitrogens with zero attached hydrogens (tertiary/aromatic N) is 3. The highest BCUT2D eigenvalue weighted by atomic mass is 16.6. The SMILES string of the molecule is O=C(c1cc([N+](=O)[O-])cn1C1CC1)N1CCNCC1. The number of carbonyl (C=O) groups is 1. The molecule has 0 bridgehead atoms. The molecule has 1 aliphatic heterocycles. The van der Waals surface area contributed by atoms with Crippen molar-refractivity contribution in [1.82, 2.24) is 14.8 Å². The van der Waals surface area contributed by atoms with Crippen molar-refractivity contribution in [3.8, 4) is 0 Å². The second-order valence-electron chi connectivity index (χ2n) is 5.02. The summed E-state index contributed by atoms with van der Waals surface area (Å²) in [6.45, 7) is 2.86. The van der Waals surface area contributed by atoms with Gasteiger partial charge in [0.2, 0.25) is 0 Å². The number of hydrogen-bond acceptors (Lipinski definition) is 4. The monoisotopic (exact) mass is 264 g/mol. The Hall–Kier alpha value is -1.89. The highest BCUT2D eigenvalue weighted by Gasteiger charge is 2.32. The molecule has 0 unspecified atom stereocenters. The lowest BCUT2D eigenvalue weighted by Gasteiger charge is -2.27. The second-order valence-corrected chi connectivity index (χ2v) is 5.02. The van der Waals surface area contributed by atoms with E-state index >= 15 is 0 Å². The quantitative estimate of drug-likeness (QED) is 0.646. The topological polar surface area (TPSA) is 80.4 Å². The second kappa shape index (κ2) is 4.65. The molecule has 0 spiro atoms. The van der Waals surface area contributed by atoms with Gasteiger partial charge in [0.05, 0.1) is 11.1 Å². The molecule has 1 saturated heterocycles. The van der Waals surface area contributed by atoms with Gasteiger partial charge in [-0.2, -0.15) is 0 Å². The highest BCUT2D eigenvalue weighted by Crippen LogP contribution is 2.38. The Morgan fingerprint density at radius 1 is 1.37 bits per heavy atom. The van der Waals surface area contributed by atoms with Crippen molar-refractivity contribution >= 4 is 11.6 Å². The van der Waals surface area contributed by atoms with Gasteiger partial charge in [-0.3, -0.25) is 14.9 Å². The first-order valence-corrected chi connectivity index (χ1v) is 6.53. The lowest BCUT2D eigenvalue weighted by molar-refractivity contribution is -0.384. The summed E-state index contributed by atoms with van der Waals surface area (Å²) in [7, 11) is 0. The van der Waals surface area contributed by atoms with E-state index in [0.717, 1.165) is 25.9 Å². The first-order valence-electron chi connectivity index (χ1n) is 6.53. The normalized spacial score (nSPS) is 19.5. The molecule has 2 heterocycles. The van der Waals surface area contributed by atoms with Crippen molar-refractivity contribution in [2.24, 2.45) is 0 Å². The fourth-order valence-corrected chi connectivity index (χ4v) is 2.42. The molecule has 0 aromatic carbocycles. The van der Waals surface area contributed by atoms with E-state index in [-0.39, 0.29) is 17.6 Å². The molecule has 0 atom stereocenters. The molecule has 1 N–H and O–H groups in total. The molecule has 1 saturated carbocycles. The molecule has 1 aliphatic carbocycles. The van der Waals surface area contributed by atoms with E-state index < -0.39 is 4.92 Å². The van der Waals surface area contributed by atoms with Gasteiger partial charge in [0.15, 0.2) is 0 Å². The van der Waals surface area contributed by atoms with Crippen LogP contribution in [0.25, 0.3) is 0 Å². The largest absolute Gasteiger partial charge is 0.335 e. The average Bonchev–Trinajstić information content (AvgIpc) is 3.17. The first-order chi connectivity index (χ1) is 9.16. The van der Waals surface area contributed by atoms with Gasteiger partial charge in [-0.05, 0) is 12.8 Å². The Bertz CT molecular complexity index is 515. The van der Waals surface area contributed by atoms with Crippen LogP contribution in [-0.4, -0.2) is 46.5 Å². The Kier molecular flexibility index (Phi) is 2.98. The predicted molar refractivity (Wildman–Crippen MR) is 68.1 cm³/mol. The maximum Gasteiger partial charge on any atom is 0.287 e. The van der Waals surface area contributed by atoms with E-state index in [1.165, 1.54) is 12.3 Å². The summed E-state index contributed by atoms with van der Waals surface area (Å²) in [5, 5.41) is 14.1. The third kappa shape index (κ3) is 2.33. The highest BCUT2D eigenvalue weighted by molar-refractivity contribution is 5.93. The first kappa shape index (κ1) is 12.2. The van der Waals surface area contributed by atoms with Gasteiger partial charge in [-0.15, -0.1) is 0 Å². The smallest absolute Gasteiger partial charge is 0.287 e. The van der Waals surface area contributed by atoms with Crippen molar-refractivity contribution in [3.05, 3.63) is 28.1 Å². The van der Waals surface area contributed by atoms with Crippen LogP contribution in [0.5, 0.6) is 0 Å². The molecule has 7 nitrogen and oxygen atoms in total. The van der Waals surface area contributed by atoms with Crippen LogP contribution in [0.4, 0.5) is 5.69 Å². The van der Waals surface area contributed by atoms with Crippen molar-refractivity contribution in [3.63, 3.8) is 0 Å². The number of nitrogens with one attached hydrogen (secondary N) is 1. The van der Waals surface area contributed by atoms with Crippen LogP contribution in [0, 0.1) is 10.1 Å². The number of rotatable bonds is 3. The fourth-order valence-electron chi connectivity index (χ4n) is 2.42. The Morgan fingerprint density at radius 2 is 2.05 bits per heavy atom. The summed E-state index contributed by atoms with van der Waals surface area (Å²) in [6.07, 6.45) is 3.48. The summed E-state index contributed by atoms with van der Waals surface area (Å²) in [5.74, 6) is -0.0958. The van der Waals surface area contributed by atoms with E-state index in [1.807, 2.05) is 0 Å². The van der Waals surface area contributed by atoms with E-state index in [4.69, 9.17) is 0 Å². The van der Waals surface area contributed by atoms with Gasteiger partial charge in [0.1, 0.15) is 5.69 Å². The van der Waals surface area contributed by atoms with Crippen LogP contribution in [0.3, 0.4) is 0 Å².